The van der Waals surface area contributed by atoms with Crippen molar-refractivity contribution in [3.8, 4) is 5.88 Å². The van der Waals surface area contributed by atoms with Gasteiger partial charge in [-0.3, -0.25) is 4.79 Å². The summed E-state index contributed by atoms with van der Waals surface area (Å²) in [4.78, 5) is 19.7. The van der Waals surface area contributed by atoms with Gasteiger partial charge < -0.3 is 10.1 Å². The molecule has 1 aromatic carbocycles. The summed E-state index contributed by atoms with van der Waals surface area (Å²) >= 11 is 5.99. The van der Waals surface area contributed by atoms with Crippen LogP contribution in [-0.2, 0) is 4.79 Å². The molecule has 0 saturated heterocycles. The van der Waals surface area contributed by atoms with Gasteiger partial charge in [0.1, 0.15) is 6.33 Å². The maximum Gasteiger partial charge on any atom is 0.262 e. The van der Waals surface area contributed by atoms with E-state index in [0.717, 1.165) is 11.3 Å². The van der Waals surface area contributed by atoms with Crippen molar-refractivity contribution in [3.63, 3.8) is 0 Å². The number of anilines is 1. The Morgan fingerprint density at radius 1 is 1.35 bits per heavy atom. The number of halogens is 1. The quantitative estimate of drug-likeness (QED) is 0.941. The fourth-order valence-corrected chi connectivity index (χ4v) is 1.75. The molecule has 0 unspecified atom stereocenters. The molecule has 2 aromatic rings. The van der Waals surface area contributed by atoms with Crippen LogP contribution in [0.3, 0.4) is 0 Å². The molecule has 0 aliphatic heterocycles. The first kappa shape index (κ1) is 14.3. The van der Waals surface area contributed by atoms with Crippen LogP contribution in [0, 0.1) is 13.8 Å². The molecule has 0 bridgehead atoms. The van der Waals surface area contributed by atoms with Crippen LogP contribution in [0.25, 0.3) is 0 Å². The second-order valence-electron chi connectivity index (χ2n) is 4.25. The Bertz CT molecular complexity index is 632. The monoisotopic (exact) mass is 291 g/mol. The number of carbonyl (C=O) groups excluding carboxylic acids is 1. The minimum Gasteiger partial charge on any atom is -0.467 e. The highest BCUT2D eigenvalue weighted by Gasteiger charge is 2.08. The molecule has 1 aromatic heterocycles. The molecule has 0 atom stereocenters. The number of hydrogen-bond donors (Lipinski definition) is 1. The third kappa shape index (κ3) is 3.68. The van der Waals surface area contributed by atoms with Crippen LogP contribution >= 0.6 is 11.6 Å². The van der Waals surface area contributed by atoms with E-state index in [0.29, 0.717) is 16.6 Å². The van der Waals surface area contributed by atoms with Crippen molar-refractivity contribution in [2.75, 3.05) is 11.9 Å². The summed E-state index contributed by atoms with van der Waals surface area (Å²) < 4.78 is 5.29. The molecule has 104 valence electrons. The number of hydrogen-bond acceptors (Lipinski definition) is 4. The van der Waals surface area contributed by atoms with E-state index in [1.54, 1.807) is 24.3 Å². The van der Waals surface area contributed by atoms with Crippen molar-refractivity contribution in [2.45, 2.75) is 13.8 Å². The lowest BCUT2D eigenvalue weighted by atomic mass is 10.2. The Labute approximate surface area is 122 Å². The Hall–Kier alpha value is -2.14. The van der Waals surface area contributed by atoms with Gasteiger partial charge in [0.05, 0.1) is 0 Å². The van der Waals surface area contributed by atoms with E-state index in [1.807, 2.05) is 13.8 Å². The van der Waals surface area contributed by atoms with Crippen molar-refractivity contribution in [2.24, 2.45) is 0 Å². The van der Waals surface area contributed by atoms with Gasteiger partial charge in [-0.25, -0.2) is 9.97 Å². The standard InChI is InChI=1S/C14H14ClN3O2/c1-9-6-14(17-8-16-9)20-7-13(19)18-12-5-3-4-11(15)10(12)2/h3-6,8H,7H2,1-2H3,(H,18,19). The van der Waals surface area contributed by atoms with Crippen molar-refractivity contribution < 1.29 is 9.53 Å². The van der Waals surface area contributed by atoms with Crippen molar-refractivity contribution in [3.05, 3.63) is 46.9 Å². The summed E-state index contributed by atoms with van der Waals surface area (Å²) in [5.74, 6) is 0.0992. The molecule has 0 spiro atoms. The first-order chi connectivity index (χ1) is 9.56. The lowest BCUT2D eigenvalue weighted by molar-refractivity contribution is -0.118. The van der Waals surface area contributed by atoms with Crippen molar-refractivity contribution in [1.82, 2.24) is 9.97 Å². The van der Waals surface area contributed by atoms with Crippen LogP contribution in [0.1, 0.15) is 11.3 Å². The minimum atomic E-state index is -0.272. The summed E-state index contributed by atoms with van der Waals surface area (Å²) in [6.45, 7) is 3.54. The molecule has 0 aliphatic carbocycles. The number of rotatable bonds is 4. The zero-order chi connectivity index (χ0) is 14.5. The molecule has 0 fully saturated rings. The summed E-state index contributed by atoms with van der Waals surface area (Å²) in [6, 6.07) is 7.00. The van der Waals surface area contributed by atoms with Crippen LogP contribution in [-0.4, -0.2) is 22.5 Å². The molecule has 20 heavy (non-hydrogen) atoms. The average molecular weight is 292 g/mol. The summed E-state index contributed by atoms with van der Waals surface area (Å²) in [5.41, 5.74) is 2.27. The van der Waals surface area contributed by atoms with Crippen molar-refractivity contribution in [1.29, 1.82) is 0 Å². The normalized spacial score (nSPS) is 10.2. The Morgan fingerprint density at radius 2 is 2.15 bits per heavy atom. The van der Waals surface area contributed by atoms with E-state index in [-0.39, 0.29) is 12.5 Å². The van der Waals surface area contributed by atoms with Crippen LogP contribution in [0.2, 0.25) is 5.02 Å². The topological polar surface area (TPSA) is 64.1 Å². The van der Waals surface area contributed by atoms with Crippen LogP contribution in [0.4, 0.5) is 5.69 Å². The predicted molar refractivity (Wildman–Crippen MR) is 77.1 cm³/mol. The highest BCUT2D eigenvalue weighted by atomic mass is 35.5. The van der Waals surface area contributed by atoms with Crippen LogP contribution in [0.5, 0.6) is 5.88 Å². The maximum atomic E-state index is 11.8. The van der Waals surface area contributed by atoms with Crippen molar-refractivity contribution >= 4 is 23.2 Å². The Balaban J connectivity index is 1.94. The largest absolute Gasteiger partial charge is 0.467 e. The van der Waals surface area contributed by atoms with E-state index in [1.165, 1.54) is 6.33 Å². The van der Waals surface area contributed by atoms with Gasteiger partial charge in [-0.15, -0.1) is 0 Å². The first-order valence-electron chi connectivity index (χ1n) is 6.02. The van der Waals surface area contributed by atoms with Crippen LogP contribution < -0.4 is 10.1 Å². The molecule has 1 amide bonds. The van der Waals surface area contributed by atoms with Gasteiger partial charge in [-0.1, -0.05) is 17.7 Å². The number of nitrogens with zero attached hydrogens (tertiary/aromatic N) is 2. The second kappa shape index (κ2) is 6.34. The van der Waals surface area contributed by atoms with Gasteiger partial charge in [0.2, 0.25) is 5.88 Å². The molecule has 0 saturated carbocycles. The van der Waals surface area contributed by atoms with E-state index < -0.39 is 0 Å². The van der Waals surface area contributed by atoms with Gasteiger partial charge in [-0.2, -0.15) is 0 Å². The maximum absolute atomic E-state index is 11.8. The highest BCUT2D eigenvalue weighted by molar-refractivity contribution is 6.31. The minimum absolute atomic E-state index is 0.123. The molecule has 0 aliphatic rings. The molecule has 2 rings (SSSR count). The van der Waals surface area contributed by atoms with Gasteiger partial charge in [-0.05, 0) is 31.5 Å². The summed E-state index contributed by atoms with van der Waals surface area (Å²) in [6.07, 6.45) is 1.39. The predicted octanol–water partition coefficient (Wildman–Crippen LogP) is 2.76. The number of aromatic nitrogens is 2. The van der Waals surface area contributed by atoms with Gasteiger partial charge in [0, 0.05) is 22.5 Å². The Morgan fingerprint density at radius 3 is 2.90 bits per heavy atom. The molecular formula is C14H14ClN3O2. The fourth-order valence-electron chi connectivity index (χ4n) is 1.58. The molecule has 0 radical (unpaired) electrons. The van der Waals surface area contributed by atoms with Crippen LogP contribution in [0.15, 0.2) is 30.6 Å². The summed E-state index contributed by atoms with van der Waals surface area (Å²) in [7, 11) is 0. The SMILES string of the molecule is Cc1cc(OCC(=O)Nc2cccc(Cl)c2C)ncn1. The first-order valence-corrected chi connectivity index (χ1v) is 6.40. The van der Waals surface area contributed by atoms with E-state index >= 15 is 0 Å². The highest BCUT2D eigenvalue weighted by Crippen LogP contribution is 2.22. The Kier molecular flexibility index (Phi) is 4.53. The number of amides is 1. The number of aryl methyl sites for hydroxylation is 1. The van der Waals surface area contributed by atoms with E-state index in [4.69, 9.17) is 16.3 Å². The second-order valence-corrected chi connectivity index (χ2v) is 4.65. The third-order valence-corrected chi connectivity index (χ3v) is 3.08. The van der Waals surface area contributed by atoms with Gasteiger partial charge in [0.15, 0.2) is 6.61 Å². The zero-order valence-corrected chi connectivity index (χ0v) is 11.9. The lowest BCUT2D eigenvalue weighted by Crippen LogP contribution is -2.21. The van der Waals surface area contributed by atoms with Gasteiger partial charge in [0.25, 0.3) is 5.91 Å². The third-order valence-electron chi connectivity index (χ3n) is 2.67. The average Bonchev–Trinajstić information content (AvgIpc) is 2.42. The molecular weight excluding hydrogens is 278 g/mol. The molecule has 6 heteroatoms. The summed E-state index contributed by atoms with van der Waals surface area (Å²) in [5, 5.41) is 3.35. The number of carbonyl (C=O) groups is 1. The number of nitrogens with one attached hydrogen (secondary N) is 1. The fraction of sp³-hybridized carbons (Fsp3) is 0.214. The lowest BCUT2D eigenvalue weighted by Gasteiger charge is -2.10. The number of benzene rings is 1. The molecule has 1 heterocycles. The zero-order valence-electron chi connectivity index (χ0n) is 11.2. The smallest absolute Gasteiger partial charge is 0.262 e. The van der Waals surface area contributed by atoms with E-state index in [9.17, 15) is 4.79 Å². The van der Waals surface area contributed by atoms with E-state index in [2.05, 4.69) is 15.3 Å². The number of ether oxygens (including phenoxy) is 1. The van der Waals surface area contributed by atoms with Gasteiger partial charge >= 0.3 is 0 Å². The molecule has 5 nitrogen and oxygen atoms in total. The molecule has 1 N–H and O–H groups in total.